The van der Waals surface area contributed by atoms with Crippen molar-refractivity contribution in [3.05, 3.63) is 83.5 Å². The summed E-state index contributed by atoms with van der Waals surface area (Å²) in [7, 11) is 3.21. The normalized spacial score (nSPS) is 43.1. The van der Waals surface area contributed by atoms with E-state index in [2.05, 4.69) is 25.7 Å². The summed E-state index contributed by atoms with van der Waals surface area (Å²) in [6.07, 6.45) is 13.5. The summed E-state index contributed by atoms with van der Waals surface area (Å²) < 4.78 is 24.1. The van der Waals surface area contributed by atoms with Gasteiger partial charge in [0.25, 0.3) is 0 Å². The molecule has 6 aliphatic carbocycles. The van der Waals surface area contributed by atoms with Crippen LogP contribution in [0.1, 0.15) is 57.9 Å². The van der Waals surface area contributed by atoms with Crippen LogP contribution in [0.5, 0.6) is 11.5 Å². The van der Waals surface area contributed by atoms with Crippen molar-refractivity contribution in [3.8, 4) is 11.5 Å². The fourth-order valence-electron chi connectivity index (χ4n) is 11.7. The Morgan fingerprint density at radius 1 is 1.06 bits per heavy atom. The summed E-state index contributed by atoms with van der Waals surface area (Å²) in [4.78, 5) is 41.7. The predicted octanol–water partition coefficient (Wildman–Crippen LogP) is 5.67. The number of allylic oxidation sites excluding steroid dienone is 4. The van der Waals surface area contributed by atoms with E-state index in [9.17, 15) is 24.6 Å². The van der Waals surface area contributed by atoms with E-state index in [-0.39, 0.29) is 67.4 Å². The largest absolute Gasteiger partial charge is 0.493 e. The highest BCUT2D eigenvalue weighted by atomic mass is 16.6. The maximum absolute atomic E-state index is 14.6. The van der Waals surface area contributed by atoms with Crippen molar-refractivity contribution in [3.63, 3.8) is 0 Å². The van der Waals surface area contributed by atoms with E-state index in [1.807, 2.05) is 49.4 Å². The summed E-state index contributed by atoms with van der Waals surface area (Å²) in [5.74, 6) is -1.71. The van der Waals surface area contributed by atoms with E-state index in [0.29, 0.717) is 40.6 Å². The molecule has 1 heterocycles. The van der Waals surface area contributed by atoms with E-state index in [0.717, 1.165) is 12.0 Å². The highest BCUT2D eigenvalue weighted by molar-refractivity contribution is 6.00. The third-order valence-corrected chi connectivity index (χ3v) is 14.1. The molecule has 1 aromatic carbocycles. The van der Waals surface area contributed by atoms with Gasteiger partial charge in [-0.2, -0.15) is 0 Å². The number of carbonyl (C=O) groups excluding carboxylic acids is 3. The second-order valence-electron chi connectivity index (χ2n) is 16.5. The van der Waals surface area contributed by atoms with Crippen molar-refractivity contribution < 1.29 is 43.5 Å². The number of ether oxygens (including phenoxy) is 4. The van der Waals surface area contributed by atoms with E-state index < -0.39 is 46.2 Å². The molecule has 276 valence electrons. The van der Waals surface area contributed by atoms with Gasteiger partial charge in [-0.25, -0.2) is 0 Å². The number of aliphatic hydroxyl groups is 2. The van der Waals surface area contributed by atoms with Gasteiger partial charge in [0.05, 0.1) is 38.8 Å². The molecule has 1 aliphatic heterocycles. The summed E-state index contributed by atoms with van der Waals surface area (Å²) >= 11 is 0. The first-order valence-electron chi connectivity index (χ1n) is 18.8. The Morgan fingerprint density at radius 3 is 2.54 bits per heavy atom. The van der Waals surface area contributed by atoms with Crippen molar-refractivity contribution in [1.29, 1.82) is 0 Å². The van der Waals surface area contributed by atoms with Gasteiger partial charge in [0.15, 0.2) is 17.3 Å². The fourth-order valence-corrected chi connectivity index (χ4v) is 11.7. The Kier molecular flexibility index (Phi) is 8.31. The number of Topliss-reactive ketones (excluding diaryl/α,β-unsaturated/α-hetero) is 1. The van der Waals surface area contributed by atoms with Crippen LogP contribution in [0, 0.1) is 58.7 Å². The van der Waals surface area contributed by atoms with E-state index in [1.165, 1.54) is 0 Å². The van der Waals surface area contributed by atoms with Crippen LogP contribution in [0.2, 0.25) is 0 Å². The minimum Gasteiger partial charge on any atom is -0.493 e. The maximum atomic E-state index is 14.6. The molecule has 1 aromatic rings. The average molecular weight is 711 g/mol. The summed E-state index contributed by atoms with van der Waals surface area (Å²) in [5.41, 5.74) is -0.735. The van der Waals surface area contributed by atoms with Crippen molar-refractivity contribution in [1.82, 2.24) is 0 Å². The SMILES string of the molecule is C=C1CC23OC(=O)CC=CC4C(C(=O)OCC2(C)C3C2C=C(CO)CC3C(=O)C(C)=CC3C12O)C(c1ccc(OC)c(OC)c1)C1C(C=CCC)C41. The fraction of sp³-hybridized carbons (Fsp3) is 0.558. The molecule has 52 heavy (non-hydrogen) atoms. The molecular weight excluding hydrogens is 660 g/mol. The lowest BCUT2D eigenvalue weighted by Gasteiger charge is -2.46. The lowest BCUT2D eigenvalue weighted by Crippen LogP contribution is -2.53. The van der Waals surface area contributed by atoms with Crippen LogP contribution in [-0.4, -0.2) is 66.6 Å². The zero-order valence-corrected chi connectivity index (χ0v) is 30.7. The van der Waals surface area contributed by atoms with Crippen molar-refractivity contribution in [2.75, 3.05) is 27.4 Å². The number of aliphatic hydroxyl groups excluding tert-OH is 1. The van der Waals surface area contributed by atoms with Gasteiger partial charge in [-0.1, -0.05) is 62.9 Å². The molecule has 0 saturated heterocycles. The first-order chi connectivity index (χ1) is 24.9. The smallest absolute Gasteiger partial charge is 0.310 e. The molecule has 9 nitrogen and oxygen atoms in total. The van der Waals surface area contributed by atoms with Gasteiger partial charge in [-0.3, -0.25) is 14.4 Å². The first-order valence-corrected chi connectivity index (χ1v) is 18.8. The first kappa shape index (κ1) is 35.1. The molecule has 0 bridgehead atoms. The number of rotatable bonds is 6. The average Bonchev–Trinajstić information content (AvgIpc) is 3.87. The topological polar surface area (TPSA) is 129 Å². The van der Waals surface area contributed by atoms with E-state index in [1.54, 1.807) is 21.1 Å². The molecule has 2 N–H and O–H groups in total. The van der Waals surface area contributed by atoms with Gasteiger partial charge in [0, 0.05) is 41.4 Å². The maximum Gasteiger partial charge on any atom is 0.310 e. The van der Waals surface area contributed by atoms with Gasteiger partial charge >= 0.3 is 11.9 Å². The molecule has 13 atom stereocenters. The molecule has 8 rings (SSSR count). The van der Waals surface area contributed by atoms with Crippen molar-refractivity contribution in [2.24, 2.45) is 58.7 Å². The minimum absolute atomic E-state index is 0.0199. The molecule has 7 aliphatic rings. The zero-order chi connectivity index (χ0) is 36.9. The quantitative estimate of drug-likeness (QED) is 0.283. The third kappa shape index (κ3) is 4.76. The monoisotopic (exact) mass is 710 g/mol. The number of hydrogen-bond donors (Lipinski definition) is 2. The Bertz CT molecular complexity index is 1850. The Balaban J connectivity index is 1.18. The van der Waals surface area contributed by atoms with Gasteiger partial charge in [-0.15, -0.1) is 0 Å². The molecule has 4 saturated carbocycles. The second-order valence-corrected chi connectivity index (χ2v) is 16.5. The molecular formula is C43H50O9. The Hall–Kier alpha value is -3.95. The lowest BCUT2D eigenvalue weighted by molar-refractivity contribution is -0.159. The number of methoxy groups -OCH3 is 2. The van der Waals surface area contributed by atoms with Crippen molar-refractivity contribution >= 4 is 17.7 Å². The lowest BCUT2D eigenvalue weighted by atomic mass is 9.63. The Morgan fingerprint density at radius 2 is 1.83 bits per heavy atom. The molecule has 9 heteroatoms. The van der Waals surface area contributed by atoms with Crippen LogP contribution >= 0.6 is 0 Å². The van der Waals surface area contributed by atoms with Gasteiger partial charge in [-0.05, 0) is 77.9 Å². The van der Waals surface area contributed by atoms with Crippen LogP contribution in [0.25, 0.3) is 0 Å². The van der Waals surface area contributed by atoms with E-state index in [4.69, 9.17) is 18.9 Å². The molecule has 13 unspecified atom stereocenters. The van der Waals surface area contributed by atoms with Crippen LogP contribution in [-0.2, 0) is 23.9 Å². The summed E-state index contributed by atoms with van der Waals surface area (Å²) in [6, 6.07) is 5.87. The number of ketones is 1. The van der Waals surface area contributed by atoms with Gasteiger partial charge in [0.2, 0.25) is 0 Å². The second kappa shape index (κ2) is 12.3. The molecule has 4 fully saturated rings. The third-order valence-electron chi connectivity index (χ3n) is 14.1. The highest BCUT2D eigenvalue weighted by Crippen LogP contribution is 2.77. The van der Waals surface area contributed by atoms with Gasteiger partial charge < -0.3 is 29.2 Å². The number of fused-ring (bicyclic) bond motifs is 8. The molecule has 0 aromatic heterocycles. The molecule has 0 radical (unpaired) electrons. The van der Waals surface area contributed by atoms with Crippen LogP contribution in [0.15, 0.2) is 78.0 Å². The number of carbonyl (C=O) groups is 3. The van der Waals surface area contributed by atoms with Crippen LogP contribution in [0.3, 0.4) is 0 Å². The zero-order valence-electron chi connectivity index (χ0n) is 30.7. The highest BCUT2D eigenvalue weighted by Gasteiger charge is 2.84. The predicted molar refractivity (Wildman–Crippen MR) is 192 cm³/mol. The molecule has 1 spiro atoms. The number of cyclic esters (lactones) is 1. The summed E-state index contributed by atoms with van der Waals surface area (Å²) in [6.45, 7) is 9.94. The van der Waals surface area contributed by atoms with E-state index >= 15 is 0 Å². The number of esters is 2. The minimum atomic E-state index is -1.51. The number of hydrogen-bond acceptors (Lipinski definition) is 9. The standard InChI is InChI=1S/C43H50O9/c1-7-8-10-26-35-27-11-9-12-33(45)52-42-19-23(3)43(48)29-15-22(2)38(46)28(29)16-24(20-44)17-30(43)39(42)41(42,4)21-51-40(47)37(27)34(36(26)35)25-13-14-31(49-5)32(18-25)50-6/h8-11,13-15,17-18,26-30,34-37,39,44,48H,3,7,12,16,19-21H2,1-2,4-6H3. The van der Waals surface area contributed by atoms with Crippen LogP contribution in [0.4, 0.5) is 0 Å². The summed E-state index contributed by atoms with van der Waals surface area (Å²) in [5, 5.41) is 23.2. The number of benzene rings is 1. The molecule has 0 amide bonds. The van der Waals surface area contributed by atoms with Crippen LogP contribution < -0.4 is 9.47 Å². The van der Waals surface area contributed by atoms with Crippen molar-refractivity contribution in [2.45, 2.75) is 63.6 Å². The van der Waals surface area contributed by atoms with Gasteiger partial charge in [0.1, 0.15) is 12.2 Å². The Labute approximate surface area is 305 Å².